The van der Waals surface area contributed by atoms with Crippen LogP contribution in [0.25, 0.3) is 0 Å². The largest absolute Gasteiger partial charge is 0.486 e. The number of hydrogen-bond acceptors (Lipinski definition) is 6. The molecule has 8 nitrogen and oxygen atoms in total. The molecule has 0 fully saturated rings. The lowest BCUT2D eigenvalue weighted by atomic mass is 10.1. The normalized spacial score (nSPS) is 14.3. The number of nitrogens with zero attached hydrogens (tertiary/aromatic N) is 1. The fourth-order valence-corrected chi connectivity index (χ4v) is 2.04. The number of carbonyl (C=O) groups excluding carboxylic acids is 1. The summed E-state index contributed by atoms with van der Waals surface area (Å²) in [6, 6.07) is 2.94. The highest BCUT2D eigenvalue weighted by Gasteiger charge is 2.23. The summed E-state index contributed by atoms with van der Waals surface area (Å²) in [5.74, 6) is 0.496. The van der Waals surface area contributed by atoms with E-state index in [1.54, 1.807) is 7.05 Å². The molecule has 1 unspecified atom stereocenters. The number of ether oxygens (including phenoxy) is 2. The second-order valence-electron chi connectivity index (χ2n) is 5.05. The molecule has 1 amide bonds. The van der Waals surface area contributed by atoms with Gasteiger partial charge in [-0.05, 0) is 20.0 Å². The van der Waals surface area contributed by atoms with Crippen molar-refractivity contribution in [3.8, 4) is 11.5 Å². The average Bonchev–Trinajstić information content (AvgIpc) is 2.51. The highest BCUT2D eigenvalue weighted by atomic mass is 16.6. The highest BCUT2D eigenvalue weighted by molar-refractivity contribution is 5.80. The molecule has 0 aromatic heterocycles. The molecule has 1 aliphatic heterocycles. The van der Waals surface area contributed by atoms with Gasteiger partial charge in [0.2, 0.25) is 5.91 Å². The number of nitrogens with one attached hydrogen (secondary N) is 2. The molecular formula is C14H19N3O5. The van der Waals surface area contributed by atoms with Crippen LogP contribution in [0.2, 0.25) is 0 Å². The first kappa shape index (κ1) is 16.0. The Hall–Kier alpha value is -2.35. The number of amides is 1. The average molecular weight is 309 g/mol. The van der Waals surface area contributed by atoms with Crippen LogP contribution in [0.1, 0.15) is 12.5 Å². The summed E-state index contributed by atoms with van der Waals surface area (Å²) in [4.78, 5) is 22.6. The minimum absolute atomic E-state index is 0.0800. The van der Waals surface area contributed by atoms with Gasteiger partial charge < -0.3 is 20.1 Å². The topological polar surface area (TPSA) is 103 Å². The second kappa shape index (κ2) is 7.08. The minimum Gasteiger partial charge on any atom is -0.486 e. The van der Waals surface area contributed by atoms with Gasteiger partial charge in [0, 0.05) is 18.2 Å². The van der Waals surface area contributed by atoms with Crippen molar-refractivity contribution in [2.45, 2.75) is 19.4 Å². The van der Waals surface area contributed by atoms with Crippen LogP contribution in [-0.2, 0) is 11.2 Å². The lowest BCUT2D eigenvalue weighted by molar-refractivity contribution is -0.385. The molecule has 0 saturated heterocycles. The number of fused-ring (bicyclic) bond motifs is 1. The van der Waals surface area contributed by atoms with E-state index in [2.05, 4.69) is 10.6 Å². The molecule has 8 heteroatoms. The first-order chi connectivity index (χ1) is 10.5. The minimum atomic E-state index is -0.517. The zero-order valence-corrected chi connectivity index (χ0v) is 12.5. The molecule has 22 heavy (non-hydrogen) atoms. The van der Waals surface area contributed by atoms with Gasteiger partial charge in [0.15, 0.2) is 11.5 Å². The first-order valence-corrected chi connectivity index (χ1v) is 7.02. The van der Waals surface area contributed by atoms with Crippen molar-refractivity contribution in [3.05, 3.63) is 27.8 Å². The van der Waals surface area contributed by atoms with Crippen molar-refractivity contribution < 1.29 is 19.2 Å². The van der Waals surface area contributed by atoms with Crippen LogP contribution in [0.15, 0.2) is 12.1 Å². The molecule has 1 heterocycles. The van der Waals surface area contributed by atoms with Crippen LogP contribution in [-0.4, -0.2) is 43.7 Å². The van der Waals surface area contributed by atoms with Crippen molar-refractivity contribution in [2.24, 2.45) is 0 Å². The van der Waals surface area contributed by atoms with Crippen LogP contribution in [0.3, 0.4) is 0 Å². The van der Waals surface area contributed by atoms with E-state index in [0.29, 0.717) is 36.8 Å². The zero-order chi connectivity index (χ0) is 16.1. The number of rotatable bonds is 6. The highest BCUT2D eigenvalue weighted by Crippen LogP contribution is 2.36. The van der Waals surface area contributed by atoms with Crippen LogP contribution in [0.4, 0.5) is 5.69 Å². The first-order valence-electron chi connectivity index (χ1n) is 7.02. The molecule has 1 aromatic rings. The summed E-state index contributed by atoms with van der Waals surface area (Å²) in [7, 11) is 1.79. The van der Waals surface area contributed by atoms with Crippen LogP contribution >= 0.6 is 0 Å². The van der Waals surface area contributed by atoms with Crippen LogP contribution in [0.5, 0.6) is 11.5 Å². The molecule has 2 N–H and O–H groups in total. The Labute approximate surface area is 127 Å². The Kier molecular flexibility index (Phi) is 5.16. The number of likely N-dealkylation sites (N-methyl/N-ethyl adjacent to an activating group) is 1. The van der Waals surface area contributed by atoms with Gasteiger partial charge in [-0.15, -0.1) is 0 Å². The van der Waals surface area contributed by atoms with Gasteiger partial charge >= 0.3 is 0 Å². The number of benzene rings is 1. The van der Waals surface area contributed by atoms with E-state index in [1.807, 2.05) is 6.92 Å². The molecule has 0 aliphatic carbocycles. The maximum atomic E-state index is 11.9. The van der Waals surface area contributed by atoms with Gasteiger partial charge in [0.25, 0.3) is 5.69 Å². The van der Waals surface area contributed by atoms with E-state index < -0.39 is 4.92 Å². The van der Waals surface area contributed by atoms with Crippen molar-refractivity contribution in [1.82, 2.24) is 10.6 Å². The predicted octanol–water partition coefficient (Wildman–Crippen LogP) is 0.633. The van der Waals surface area contributed by atoms with E-state index in [-0.39, 0.29) is 24.1 Å². The number of nitro benzene ring substituents is 1. The summed E-state index contributed by atoms with van der Waals surface area (Å²) >= 11 is 0. The molecule has 0 radical (unpaired) electrons. The molecule has 0 saturated carbocycles. The predicted molar refractivity (Wildman–Crippen MR) is 79.3 cm³/mol. The van der Waals surface area contributed by atoms with Gasteiger partial charge in [0.05, 0.1) is 17.4 Å². The second-order valence-corrected chi connectivity index (χ2v) is 5.05. The quantitative estimate of drug-likeness (QED) is 0.590. The Morgan fingerprint density at radius 3 is 2.59 bits per heavy atom. The molecule has 0 spiro atoms. The zero-order valence-electron chi connectivity index (χ0n) is 12.5. The number of carbonyl (C=O) groups is 1. The monoisotopic (exact) mass is 309 g/mol. The third-order valence-electron chi connectivity index (χ3n) is 3.39. The fourth-order valence-electron chi connectivity index (χ4n) is 2.04. The van der Waals surface area contributed by atoms with Gasteiger partial charge in [-0.1, -0.05) is 0 Å². The molecule has 120 valence electrons. The van der Waals surface area contributed by atoms with E-state index >= 15 is 0 Å². The fraction of sp³-hybridized carbons (Fsp3) is 0.500. The standard InChI is InChI=1S/C14H19N3O5/c1-9(15-2)8-16-14(18)6-10-5-12-13(22-4-3-21-12)7-11(10)17(19)20/h5,7,9,15H,3-4,6,8H2,1-2H3,(H,16,18). The van der Waals surface area contributed by atoms with Crippen LogP contribution in [0, 0.1) is 10.1 Å². The molecule has 1 aromatic carbocycles. The third-order valence-corrected chi connectivity index (χ3v) is 3.39. The molecule has 0 bridgehead atoms. The van der Waals surface area contributed by atoms with E-state index in [4.69, 9.17) is 9.47 Å². The Bertz CT molecular complexity index is 576. The van der Waals surface area contributed by atoms with Gasteiger partial charge in [-0.25, -0.2) is 0 Å². The smallest absolute Gasteiger partial charge is 0.277 e. The lowest BCUT2D eigenvalue weighted by Crippen LogP contribution is -2.37. The SMILES string of the molecule is CNC(C)CNC(=O)Cc1cc2c(cc1[N+](=O)[O-])OCCO2. The summed E-state index contributed by atoms with van der Waals surface area (Å²) in [5.41, 5.74) is 0.171. The van der Waals surface area contributed by atoms with Crippen molar-refractivity contribution in [2.75, 3.05) is 26.8 Å². The Balaban J connectivity index is 2.15. The summed E-state index contributed by atoms with van der Waals surface area (Å²) in [6.07, 6.45) is -0.0800. The molecule has 2 rings (SSSR count). The van der Waals surface area contributed by atoms with E-state index in [9.17, 15) is 14.9 Å². The van der Waals surface area contributed by atoms with Gasteiger partial charge in [-0.3, -0.25) is 14.9 Å². The molecule has 1 aliphatic rings. The molecule has 1 atom stereocenters. The maximum Gasteiger partial charge on any atom is 0.277 e. The van der Waals surface area contributed by atoms with E-state index in [0.717, 1.165) is 0 Å². The van der Waals surface area contributed by atoms with E-state index in [1.165, 1.54) is 12.1 Å². The third kappa shape index (κ3) is 3.85. The van der Waals surface area contributed by atoms with Gasteiger partial charge in [-0.2, -0.15) is 0 Å². The lowest BCUT2D eigenvalue weighted by Gasteiger charge is -2.19. The Morgan fingerprint density at radius 1 is 1.36 bits per heavy atom. The van der Waals surface area contributed by atoms with Gasteiger partial charge in [0.1, 0.15) is 13.2 Å². The van der Waals surface area contributed by atoms with Crippen molar-refractivity contribution in [1.29, 1.82) is 0 Å². The Morgan fingerprint density at radius 2 is 2.00 bits per heavy atom. The summed E-state index contributed by atoms with van der Waals surface area (Å²) in [5, 5.41) is 16.9. The number of hydrogen-bond donors (Lipinski definition) is 2. The summed E-state index contributed by atoms with van der Waals surface area (Å²) < 4.78 is 10.7. The maximum absolute atomic E-state index is 11.9. The summed E-state index contributed by atoms with van der Waals surface area (Å²) in [6.45, 7) is 3.11. The molecular weight excluding hydrogens is 290 g/mol. The van der Waals surface area contributed by atoms with Crippen molar-refractivity contribution in [3.63, 3.8) is 0 Å². The van der Waals surface area contributed by atoms with Crippen LogP contribution < -0.4 is 20.1 Å². The van der Waals surface area contributed by atoms with Crippen molar-refractivity contribution >= 4 is 11.6 Å². The number of nitro groups is 1.